The predicted molar refractivity (Wildman–Crippen MR) is 41.3 cm³/mol. The van der Waals surface area contributed by atoms with E-state index < -0.39 is 5.91 Å². The van der Waals surface area contributed by atoms with E-state index >= 15 is 0 Å². The van der Waals surface area contributed by atoms with E-state index in [2.05, 4.69) is 0 Å². The zero-order valence-corrected chi connectivity index (χ0v) is 6.63. The van der Waals surface area contributed by atoms with Gasteiger partial charge in [-0.25, -0.2) is 0 Å². The Morgan fingerprint density at radius 1 is 1.64 bits per heavy atom. The molecule has 0 aliphatic carbocycles. The highest BCUT2D eigenvalue weighted by Gasteiger charge is 2.13. The number of rotatable bonds is 2. The second-order valence-corrected chi connectivity index (χ2v) is 2.72. The first-order valence-corrected chi connectivity index (χ1v) is 3.50. The Labute approximate surface area is 65.2 Å². The summed E-state index contributed by atoms with van der Waals surface area (Å²) in [4.78, 5) is 10.7. The van der Waals surface area contributed by atoms with Crippen LogP contribution in [0, 0.1) is 0 Å². The lowest BCUT2D eigenvalue weighted by molar-refractivity contribution is 0.0972. The van der Waals surface area contributed by atoms with E-state index in [1.807, 2.05) is 13.8 Å². The Hall–Kier alpha value is -1.25. The van der Waals surface area contributed by atoms with Gasteiger partial charge in [0.2, 0.25) is 0 Å². The molecule has 1 aromatic heterocycles. The molecule has 1 heterocycles. The lowest BCUT2D eigenvalue weighted by Crippen LogP contribution is -2.12. The predicted octanol–water partition coefficient (Wildman–Crippen LogP) is 1.50. The van der Waals surface area contributed by atoms with Gasteiger partial charge in [0.25, 0.3) is 5.91 Å². The average Bonchev–Trinajstić information content (AvgIpc) is 2.32. The van der Waals surface area contributed by atoms with Gasteiger partial charge in [-0.15, -0.1) is 0 Å². The summed E-state index contributed by atoms with van der Waals surface area (Å²) in [7, 11) is 0. The highest BCUT2D eigenvalue weighted by molar-refractivity contribution is 5.91. The minimum Gasteiger partial charge on any atom is -0.459 e. The molecule has 60 valence electrons. The molecule has 0 atom stereocenters. The second-order valence-electron chi connectivity index (χ2n) is 2.72. The van der Waals surface area contributed by atoms with Gasteiger partial charge < -0.3 is 10.2 Å². The van der Waals surface area contributed by atoms with Crippen molar-refractivity contribution < 1.29 is 9.21 Å². The van der Waals surface area contributed by atoms with Gasteiger partial charge >= 0.3 is 0 Å². The molecule has 0 saturated heterocycles. The maximum atomic E-state index is 10.7. The Morgan fingerprint density at radius 3 is 2.64 bits per heavy atom. The summed E-state index contributed by atoms with van der Waals surface area (Å²) < 4.78 is 4.91. The number of primary amides is 1. The van der Waals surface area contributed by atoms with E-state index in [4.69, 9.17) is 10.2 Å². The summed E-state index contributed by atoms with van der Waals surface area (Å²) in [6, 6.07) is 1.77. The van der Waals surface area contributed by atoms with Crippen LogP contribution < -0.4 is 5.73 Å². The smallest absolute Gasteiger partial charge is 0.284 e. The number of carbonyl (C=O) groups excluding carboxylic acids is 1. The standard InChI is InChI=1S/C8H11NO2/c1-5(2)6-3-4-11-7(6)8(9)10/h3-5H,1-2H3,(H2,9,10). The summed E-state index contributed by atoms with van der Waals surface area (Å²) in [5, 5.41) is 0. The molecule has 11 heavy (non-hydrogen) atoms. The highest BCUT2D eigenvalue weighted by atomic mass is 16.3. The van der Waals surface area contributed by atoms with Crippen molar-refractivity contribution in [3.05, 3.63) is 23.7 Å². The van der Waals surface area contributed by atoms with Crippen molar-refractivity contribution in [1.82, 2.24) is 0 Å². The number of carbonyl (C=O) groups is 1. The number of amides is 1. The molecule has 0 fully saturated rings. The van der Waals surface area contributed by atoms with Crippen LogP contribution in [0.1, 0.15) is 35.9 Å². The van der Waals surface area contributed by atoms with E-state index in [9.17, 15) is 4.79 Å². The third kappa shape index (κ3) is 1.42. The van der Waals surface area contributed by atoms with Crippen molar-refractivity contribution in [2.45, 2.75) is 19.8 Å². The largest absolute Gasteiger partial charge is 0.459 e. The van der Waals surface area contributed by atoms with Gasteiger partial charge in [0.1, 0.15) is 0 Å². The maximum Gasteiger partial charge on any atom is 0.284 e. The molecular formula is C8H11NO2. The third-order valence-electron chi connectivity index (χ3n) is 1.54. The normalized spacial score (nSPS) is 10.5. The molecule has 1 rings (SSSR count). The summed E-state index contributed by atoms with van der Waals surface area (Å²) in [5.41, 5.74) is 5.94. The Balaban J connectivity index is 3.06. The molecule has 0 bridgehead atoms. The van der Waals surface area contributed by atoms with E-state index in [0.717, 1.165) is 5.56 Å². The molecule has 3 heteroatoms. The molecule has 0 unspecified atom stereocenters. The summed E-state index contributed by atoms with van der Waals surface area (Å²) in [6.45, 7) is 3.97. The van der Waals surface area contributed by atoms with Gasteiger partial charge in [-0.3, -0.25) is 4.79 Å². The molecule has 1 amide bonds. The van der Waals surface area contributed by atoms with Crippen molar-refractivity contribution in [2.75, 3.05) is 0 Å². The summed E-state index contributed by atoms with van der Waals surface area (Å²) in [6.07, 6.45) is 1.48. The van der Waals surface area contributed by atoms with Crippen molar-refractivity contribution in [3.8, 4) is 0 Å². The van der Waals surface area contributed by atoms with Crippen LogP contribution in [0.3, 0.4) is 0 Å². The first-order chi connectivity index (χ1) is 5.13. The van der Waals surface area contributed by atoms with E-state index in [1.165, 1.54) is 6.26 Å². The van der Waals surface area contributed by atoms with Gasteiger partial charge in [0.15, 0.2) is 5.76 Å². The van der Waals surface area contributed by atoms with E-state index in [1.54, 1.807) is 6.07 Å². The van der Waals surface area contributed by atoms with Gasteiger partial charge in [0.05, 0.1) is 6.26 Å². The molecule has 2 N–H and O–H groups in total. The average molecular weight is 153 g/mol. The molecule has 0 aliphatic heterocycles. The fraction of sp³-hybridized carbons (Fsp3) is 0.375. The van der Waals surface area contributed by atoms with Crippen molar-refractivity contribution in [2.24, 2.45) is 5.73 Å². The lowest BCUT2D eigenvalue weighted by Gasteiger charge is -2.00. The van der Waals surface area contributed by atoms with Gasteiger partial charge in [-0.05, 0) is 12.0 Å². The molecule has 1 aromatic rings. The summed E-state index contributed by atoms with van der Waals surface area (Å²) in [5.74, 6) is 0.0509. The number of furan rings is 1. The molecule has 0 aliphatic rings. The van der Waals surface area contributed by atoms with Crippen LogP contribution in [0.15, 0.2) is 16.7 Å². The van der Waals surface area contributed by atoms with Crippen LogP contribution in [-0.2, 0) is 0 Å². The van der Waals surface area contributed by atoms with Crippen LogP contribution in [0.25, 0.3) is 0 Å². The monoisotopic (exact) mass is 153 g/mol. The molecule has 0 saturated carbocycles. The van der Waals surface area contributed by atoms with Gasteiger partial charge in [-0.2, -0.15) is 0 Å². The van der Waals surface area contributed by atoms with Crippen molar-refractivity contribution >= 4 is 5.91 Å². The lowest BCUT2D eigenvalue weighted by atomic mass is 10.0. The van der Waals surface area contributed by atoms with E-state index in [0.29, 0.717) is 0 Å². The maximum absolute atomic E-state index is 10.7. The van der Waals surface area contributed by atoms with Crippen LogP contribution in [-0.4, -0.2) is 5.91 Å². The molecule has 0 aromatic carbocycles. The summed E-state index contributed by atoms with van der Waals surface area (Å²) >= 11 is 0. The first kappa shape index (κ1) is 7.85. The topological polar surface area (TPSA) is 56.2 Å². The molecular weight excluding hydrogens is 142 g/mol. The number of hydrogen-bond acceptors (Lipinski definition) is 2. The third-order valence-corrected chi connectivity index (χ3v) is 1.54. The van der Waals surface area contributed by atoms with Gasteiger partial charge in [0, 0.05) is 5.56 Å². The molecule has 0 spiro atoms. The fourth-order valence-electron chi connectivity index (χ4n) is 0.974. The highest BCUT2D eigenvalue weighted by Crippen LogP contribution is 2.19. The number of hydrogen-bond donors (Lipinski definition) is 1. The molecule has 0 radical (unpaired) electrons. The van der Waals surface area contributed by atoms with Crippen LogP contribution >= 0.6 is 0 Å². The zero-order chi connectivity index (χ0) is 8.43. The number of nitrogens with two attached hydrogens (primary N) is 1. The van der Waals surface area contributed by atoms with Crippen LogP contribution in [0.4, 0.5) is 0 Å². The Morgan fingerprint density at radius 2 is 2.27 bits per heavy atom. The van der Waals surface area contributed by atoms with Crippen molar-refractivity contribution in [1.29, 1.82) is 0 Å². The van der Waals surface area contributed by atoms with Crippen molar-refractivity contribution in [3.63, 3.8) is 0 Å². The zero-order valence-electron chi connectivity index (χ0n) is 6.63. The van der Waals surface area contributed by atoms with Gasteiger partial charge in [-0.1, -0.05) is 13.8 Å². The second kappa shape index (κ2) is 2.78. The quantitative estimate of drug-likeness (QED) is 0.700. The first-order valence-electron chi connectivity index (χ1n) is 3.50. The minimum atomic E-state index is -0.501. The fourth-order valence-corrected chi connectivity index (χ4v) is 0.974. The minimum absolute atomic E-state index is 0.274. The Bertz CT molecular complexity index is 263. The molecule has 3 nitrogen and oxygen atoms in total. The SMILES string of the molecule is CC(C)c1ccoc1C(N)=O. The van der Waals surface area contributed by atoms with E-state index in [-0.39, 0.29) is 11.7 Å². The van der Waals surface area contributed by atoms with Crippen LogP contribution in [0.2, 0.25) is 0 Å². The Kier molecular flexibility index (Phi) is 1.98. The van der Waals surface area contributed by atoms with Crippen LogP contribution in [0.5, 0.6) is 0 Å².